The van der Waals surface area contributed by atoms with Crippen LogP contribution in [0, 0.1) is 5.92 Å². The van der Waals surface area contributed by atoms with Gasteiger partial charge in [0.05, 0.1) is 0 Å². The Morgan fingerprint density at radius 3 is 2.46 bits per heavy atom. The van der Waals surface area contributed by atoms with Crippen LogP contribution in [-0.4, -0.2) is 23.9 Å². The summed E-state index contributed by atoms with van der Waals surface area (Å²) in [6, 6.07) is 17.3. The number of nitrogens with zero attached hydrogens (tertiary/aromatic N) is 1. The number of benzene rings is 2. The quantitative estimate of drug-likeness (QED) is 0.592. The van der Waals surface area contributed by atoms with E-state index in [0.29, 0.717) is 37.0 Å². The molecule has 26 heavy (non-hydrogen) atoms. The van der Waals surface area contributed by atoms with Crippen LogP contribution in [0.1, 0.15) is 36.9 Å². The molecular weight excluding hydrogens is 326 g/mol. The predicted octanol–water partition coefficient (Wildman–Crippen LogP) is 5.13. The van der Waals surface area contributed by atoms with E-state index in [0.717, 1.165) is 16.7 Å². The highest BCUT2D eigenvalue weighted by molar-refractivity contribution is 5.99. The van der Waals surface area contributed by atoms with E-state index in [1.165, 1.54) is 0 Å². The summed E-state index contributed by atoms with van der Waals surface area (Å²) in [5.41, 5.74) is 1.51. The van der Waals surface area contributed by atoms with Crippen LogP contribution < -0.4 is 4.74 Å². The number of hydrogen-bond donors (Lipinski definition) is 0. The Balaban J connectivity index is 1.94. The molecule has 3 aromatic rings. The highest BCUT2D eigenvalue weighted by Gasteiger charge is 2.25. The van der Waals surface area contributed by atoms with Crippen LogP contribution in [-0.2, 0) is 6.61 Å². The number of amides is 1. The van der Waals surface area contributed by atoms with Crippen molar-refractivity contribution in [3.63, 3.8) is 0 Å². The zero-order valence-electron chi connectivity index (χ0n) is 15.6. The fraction of sp³-hybridized carbons (Fsp3) is 0.318. The SMILES string of the molecule is CCN(CC(C)C)C(=O)c1oc2ccccc2c1COc1ccccc1. The fourth-order valence-corrected chi connectivity index (χ4v) is 3.03. The van der Waals surface area contributed by atoms with Gasteiger partial charge in [-0.2, -0.15) is 0 Å². The maximum Gasteiger partial charge on any atom is 0.290 e. The molecule has 1 amide bonds. The van der Waals surface area contributed by atoms with Crippen molar-refractivity contribution >= 4 is 16.9 Å². The molecule has 0 aliphatic carbocycles. The van der Waals surface area contributed by atoms with Crippen molar-refractivity contribution in [2.45, 2.75) is 27.4 Å². The predicted molar refractivity (Wildman–Crippen MR) is 103 cm³/mol. The maximum absolute atomic E-state index is 13.1. The van der Waals surface area contributed by atoms with E-state index < -0.39 is 0 Å². The summed E-state index contributed by atoms with van der Waals surface area (Å²) in [5, 5.41) is 0.924. The lowest BCUT2D eigenvalue weighted by molar-refractivity contribution is 0.0712. The van der Waals surface area contributed by atoms with Gasteiger partial charge in [-0.15, -0.1) is 0 Å². The monoisotopic (exact) mass is 351 g/mol. The summed E-state index contributed by atoms with van der Waals surface area (Å²) >= 11 is 0. The molecule has 0 fully saturated rings. The topological polar surface area (TPSA) is 42.7 Å². The maximum atomic E-state index is 13.1. The molecule has 136 valence electrons. The van der Waals surface area contributed by atoms with Gasteiger partial charge >= 0.3 is 0 Å². The zero-order chi connectivity index (χ0) is 18.5. The highest BCUT2D eigenvalue weighted by atomic mass is 16.5. The van der Waals surface area contributed by atoms with Crippen LogP contribution in [0.5, 0.6) is 5.75 Å². The van der Waals surface area contributed by atoms with E-state index in [2.05, 4.69) is 13.8 Å². The third-order valence-corrected chi connectivity index (χ3v) is 4.27. The van der Waals surface area contributed by atoms with Crippen molar-refractivity contribution in [2.75, 3.05) is 13.1 Å². The fourth-order valence-electron chi connectivity index (χ4n) is 3.03. The Morgan fingerprint density at radius 1 is 1.08 bits per heavy atom. The second kappa shape index (κ2) is 8.09. The molecule has 0 atom stereocenters. The lowest BCUT2D eigenvalue weighted by Crippen LogP contribution is -2.34. The van der Waals surface area contributed by atoms with Gasteiger partial charge in [-0.1, -0.05) is 50.2 Å². The van der Waals surface area contributed by atoms with E-state index >= 15 is 0 Å². The number of furan rings is 1. The van der Waals surface area contributed by atoms with Crippen molar-refractivity contribution in [3.8, 4) is 5.75 Å². The van der Waals surface area contributed by atoms with Crippen LogP contribution in [0.25, 0.3) is 11.0 Å². The van der Waals surface area contributed by atoms with E-state index in [1.807, 2.05) is 66.4 Å². The molecule has 0 radical (unpaired) electrons. The number of ether oxygens (including phenoxy) is 1. The first-order valence-electron chi connectivity index (χ1n) is 9.07. The molecule has 0 saturated heterocycles. The van der Waals surface area contributed by atoms with Crippen LogP contribution in [0.2, 0.25) is 0 Å². The molecule has 0 aliphatic heterocycles. The summed E-state index contributed by atoms with van der Waals surface area (Å²) in [4.78, 5) is 14.9. The molecule has 3 rings (SSSR count). The smallest absolute Gasteiger partial charge is 0.290 e. The molecule has 2 aromatic carbocycles. The second-order valence-corrected chi connectivity index (χ2v) is 6.75. The van der Waals surface area contributed by atoms with Crippen molar-refractivity contribution < 1.29 is 13.9 Å². The summed E-state index contributed by atoms with van der Waals surface area (Å²) < 4.78 is 11.9. The number of rotatable bonds is 7. The molecule has 4 heteroatoms. The standard InChI is InChI=1S/C22H25NO3/c1-4-23(14-16(2)3)22(24)21-19(15-25-17-10-6-5-7-11-17)18-12-8-9-13-20(18)26-21/h5-13,16H,4,14-15H2,1-3H3. The number of para-hydroxylation sites is 2. The normalized spacial score (nSPS) is 11.1. The van der Waals surface area contributed by atoms with Crippen molar-refractivity contribution in [2.24, 2.45) is 5.92 Å². The molecule has 0 bridgehead atoms. The molecule has 0 spiro atoms. The minimum absolute atomic E-state index is 0.0796. The van der Waals surface area contributed by atoms with Gasteiger partial charge in [0.2, 0.25) is 0 Å². The van der Waals surface area contributed by atoms with Crippen LogP contribution in [0.4, 0.5) is 0 Å². The van der Waals surface area contributed by atoms with E-state index in [1.54, 1.807) is 0 Å². The Kier molecular flexibility index (Phi) is 5.61. The lowest BCUT2D eigenvalue weighted by Gasteiger charge is -2.22. The van der Waals surface area contributed by atoms with Gasteiger partial charge < -0.3 is 14.1 Å². The molecule has 4 nitrogen and oxygen atoms in total. The third-order valence-electron chi connectivity index (χ3n) is 4.27. The molecule has 0 saturated carbocycles. The van der Waals surface area contributed by atoms with Crippen molar-refractivity contribution in [3.05, 3.63) is 65.9 Å². The van der Waals surface area contributed by atoms with Crippen LogP contribution in [0.15, 0.2) is 59.0 Å². The van der Waals surface area contributed by atoms with Gasteiger partial charge in [-0.05, 0) is 31.0 Å². The summed E-state index contributed by atoms with van der Waals surface area (Å²) in [5.74, 6) is 1.46. The Hall–Kier alpha value is -2.75. The summed E-state index contributed by atoms with van der Waals surface area (Å²) in [6.45, 7) is 7.84. The van der Waals surface area contributed by atoms with Crippen molar-refractivity contribution in [1.82, 2.24) is 4.90 Å². The molecule has 1 aromatic heterocycles. The van der Waals surface area contributed by atoms with Gasteiger partial charge in [0, 0.05) is 24.0 Å². The Morgan fingerprint density at radius 2 is 1.77 bits per heavy atom. The lowest BCUT2D eigenvalue weighted by atomic mass is 10.1. The molecule has 0 unspecified atom stereocenters. The zero-order valence-corrected chi connectivity index (χ0v) is 15.6. The first kappa shape index (κ1) is 18.1. The first-order valence-corrected chi connectivity index (χ1v) is 9.07. The number of hydrogen-bond acceptors (Lipinski definition) is 3. The van der Waals surface area contributed by atoms with Gasteiger partial charge in [0.25, 0.3) is 5.91 Å². The second-order valence-electron chi connectivity index (χ2n) is 6.75. The Labute approximate surface area is 154 Å². The average molecular weight is 351 g/mol. The summed E-state index contributed by atoms with van der Waals surface area (Å²) in [7, 11) is 0. The average Bonchev–Trinajstić information content (AvgIpc) is 3.03. The van der Waals surface area contributed by atoms with Gasteiger partial charge in [0.15, 0.2) is 5.76 Å². The third kappa shape index (κ3) is 3.90. The van der Waals surface area contributed by atoms with Gasteiger partial charge in [-0.25, -0.2) is 0 Å². The summed E-state index contributed by atoms with van der Waals surface area (Å²) in [6.07, 6.45) is 0. The molecular formula is C22H25NO3. The molecule has 1 heterocycles. The number of carbonyl (C=O) groups is 1. The minimum atomic E-state index is -0.0796. The minimum Gasteiger partial charge on any atom is -0.489 e. The van der Waals surface area contributed by atoms with Crippen LogP contribution in [0.3, 0.4) is 0 Å². The number of fused-ring (bicyclic) bond motifs is 1. The van der Waals surface area contributed by atoms with E-state index in [4.69, 9.17) is 9.15 Å². The van der Waals surface area contributed by atoms with E-state index in [-0.39, 0.29) is 5.91 Å². The Bertz CT molecular complexity index is 867. The van der Waals surface area contributed by atoms with Gasteiger partial charge in [0.1, 0.15) is 17.9 Å². The first-order chi connectivity index (χ1) is 12.6. The molecule has 0 N–H and O–H groups in total. The van der Waals surface area contributed by atoms with Crippen molar-refractivity contribution in [1.29, 1.82) is 0 Å². The number of carbonyl (C=O) groups excluding carboxylic acids is 1. The van der Waals surface area contributed by atoms with Crippen LogP contribution >= 0.6 is 0 Å². The van der Waals surface area contributed by atoms with E-state index in [9.17, 15) is 4.79 Å². The largest absolute Gasteiger partial charge is 0.489 e. The van der Waals surface area contributed by atoms with Gasteiger partial charge in [-0.3, -0.25) is 4.79 Å². The highest BCUT2D eigenvalue weighted by Crippen LogP contribution is 2.28. The molecule has 0 aliphatic rings.